The van der Waals surface area contributed by atoms with Gasteiger partial charge in [-0.15, -0.1) is 6.58 Å². The summed E-state index contributed by atoms with van der Waals surface area (Å²) >= 11 is 0. The molecule has 0 bridgehead atoms. The normalized spacial score (nSPS) is 7.09. The van der Waals surface area contributed by atoms with Crippen molar-refractivity contribution in [2.45, 2.75) is 6.42 Å². The molecule has 1 N–H and O–H groups in total. The first kappa shape index (κ1) is 12.4. The first-order valence-electron chi connectivity index (χ1n) is 2.99. The zero-order valence-corrected chi connectivity index (χ0v) is 6.78. The molecule has 0 radical (unpaired) electrons. The van der Waals surface area contributed by atoms with Gasteiger partial charge in [0.15, 0.2) is 0 Å². The van der Waals surface area contributed by atoms with Crippen molar-refractivity contribution in [1.29, 1.82) is 0 Å². The Morgan fingerprint density at radius 2 is 2.00 bits per heavy atom. The third-order valence-electron chi connectivity index (χ3n) is 0.530. The number of carbonyl (C=O) groups excluding carboxylic acids is 1. The van der Waals surface area contributed by atoms with Crippen molar-refractivity contribution in [2.75, 3.05) is 14.1 Å². The summed E-state index contributed by atoms with van der Waals surface area (Å²) in [7, 11) is 3.38. The van der Waals surface area contributed by atoms with Gasteiger partial charge in [-0.2, -0.15) is 0 Å². The maximum Gasteiger partial charge on any atom is 0.307 e. The molecule has 0 aliphatic carbocycles. The van der Waals surface area contributed by atoms with E-state index < -0.39 is 5.97 Å². The van der Waals surface area contributed by atoms with Gasteiger partial charge in [0.05, 0.1) is 6.42 Å². The van der Waals surface area contributed by atoms with E-state index in [1.54, 1.807) is 14.1 Å². The number of nitrogens with zero attached hydrogens (tertiary/aromatic N) is 1. The molecule has 0 spiro atoms. The fourth-order valence-corrected chi connectivity index (χ4v) is 0.123. The Hall–Kier alpha value is -1.32. The van der Waals surface area contributed by atoms with Gasteiger partial charge in [0.2, 0.25) is 6.41 Å². The lowest BCUT2D eigenvalue weighted by molar-refractivity contribution is -0.136. The number of amides is 1. The van der Waals surface area contributed by atoms with E-state index in [4.69, 9.17) is 5.11 Å². The van der Waals surface area contributed by atoms with Crippen molar-refractivity contribution in [1.82, 2.24) is 4.90 Å². The molecule has 0 rings (SSSR count). The van der Waals surface area contributed by atoms with E-state index in [-0.39, 0.29) is 6.42 Å². The van der Waals surface area contributed by atoms with E-state index in [2.05, 4.69) is 6.58 Å². The number of rotatable bonds is 3. The number of hydrogen-bond donors (Lipinski definition) is 1. The Kier molecular flexibility index (Phi) is 9.76. The zero-order chi connectivity index (χ0) is 9.28. The van der Waals surface area contributed by atoms with Crippen molar-refractivity contribution >= 4 is 12.4 Å². The minimum atomic E-state index is -0.829. The van der Waals surface area contributed by atoms with Gasteiger partial charge < -0.3 is 10.0 Å². The summed E-state index contributed by atoms with van der Waals surface area (Å²) in [5, 5.41) is 7.84. The van der Waals surface area contributed by atoms with E-state index in [9.17, 15) is 9.59 Å². The average Bonchev–Trinajstić information content (AvgIpc) is 1.89. The molecule has 0 aromatic rings. The van der Waals surface area contributed by atoms with E-state index >= 15 is 0 Å². The van der Waals surface area contributed by atoms with Crippen LogP contribution in [0.25, 0.3) is 0 Å². The Bertz CT molecular complexity index is 132. The predicted molar refractivity (Wildman–Crippen MR) is 42.2 cm³/mol. The number of carboxylic acid groups (broad SMARTS) is 1. The SMILES string of the molecule is C=CCC(=O)O.CN(C)C=O. The van der Waals surface area contributed by atoms with Crippen LogP contribution in [0, 0.1) is 0 Å². The second-order valence-corrected chi connectivity index (χ2v) is 1.96. The van der Waals surface area contributed by atoms with Crippen LogP contribution in [-0.2, 0) is 9.59 Å². The van der Waals surface area contributed by atoms with Gasteiger partial charge in [-0.05, 0) is 0 Å². The monoisotopic (exact) mass is 159 g/mol. The minimum absolute atomic E-state index is 0.0556. The predicted octanol–water partition coefficient (Wildman–Crippen LogP) is 0.351. The van der Waals surface area contributed by atoms with Gasteiger partial charge in [-0.25, -0.2) is 0 Å². The van der Waals surface area contributed by atoms with Crippen LogP contribution in [0.15, 0.2) is 12.7 Å². The van der Waals surface area contributed by atoms with E-state index in [1.807, 2.05) is 0 Å². The summed E-state index contributed by atoms with van der Waals surface area (Å²) in [6.45, 7) is 3.22. The van der Waals surface area contributed by atoms with Crippen LogP contribution in [0.2, 0.25) is 0 Å². The molecular formula is C7H13NO3. The molecule has 0 aromatic heterocycles. The standard InChI is InChI=1S/C4H6O2.C3H7NO/c1-2-3-4(5)6;1-4(2)3-5/h2H,1,3H2,(H,5,6);3H,1-2H3. The highest BCUT2D eigenvalue weighted by Crippen LogP contribution is 1.74. The second-order valence-electron chi connectivity index (χ2n) is 1.96. The highest BCUT2D eigenvalue weighted by atomic mass is 16.4. The molecular weight excluding hydrogens is 146 g/mol. The van der Waals surface area contributed by atoms with Crippen LogP contribution >= 0.6 is 0 Å². The van der Waals surface area contributed by atoms with E-state index in [0.717, 1.165) is 6.41 Å². The van der Waals surface area contributed by atoms with Gasteiger partial charge in [-0.1, -0.05) is 6.08 Å². The van der Waals surface area contributed by atoms with Gasteiger partial charge in [-0.3, -0.25) is 9.59 Å². The van der Waals surface area contributed by atoms with Crippen LogP contribution in [0.3, 0.4) is 0 Å². The summed E-state index contributed by atoms with van der Waals surface area (Å²) < 4.78 is 0. The number of carboxylic acids is 1. The van der Waals surface area contributed by atoms with Crippen molar-refractivity contribution in [3.05, 3.63) is 12.7 Å². The summed E-state index contributed by atoms with van der Waals surface area (Å²) in [4.78, 5) is 20.4. The van der Waals surface area contributed by atoms with Gasteiger partial charge in [0, 0.05) is 14.1 Å². The highest BCUT2D eigenvalue weighted by Gasteiger charge is 1.84. The Morgan fingerprint density at radius 1 is 1.64 bits per heavy atom. The third kappa shape index (κ3) is 28.6. The van der Waals surface area contributed by atoms with E-state index in [0.29, 0.717) is 0 Å². The van der Waals surface area contributed by atoms with Crippen molar-refractivity contribution in [2.24, 2.45) is 0 Å². The van der Waals surface area contributed by atoms with Gasteiger partial charge >= 0.3 is 5.97 Å². The maximum absolute atomic E-state index is 9.53. The molecule has 0 heterocycles. The first-order chi connectivity index (χ1) is 5.04. The molecule has 0 saturated heterocycles. The fraction of sp³-hybridized carbons (Fsp3) is 0.429. The van der Waals surface area contributed by atoms with Gasteiger partial charge in [0.25, 0.3) is 0 Å². The lowest BCUT2D eigenvalue weighted by Crippen LogP contribution is -2.06. The Morgan fingerprint density at radius 3 is 2.00 bits per heavy atom. The molecule has 4 nitrogen and oxygen atoms in total. The van der Waals surface area contributed by atoms with Crippen LogP contribution in [0.1, 0.15) is 6.42 Å². The molecule has 0 aliphatic heterocycles. The molecule has 0 saturated carbocycles. The molecule has 0 fully saturated rings. The summed E-state index contributed by atoms with van der Waals surface area (Å²) in [5.74, 6) is -0.829. The average molecular weight is 159 g/mol. The number of hydrogen-bond acceptors (Lipinski definition) is 2. The van der Waals surface area contributed by atoms with Crippen molar-refractivity contribution in [3.8, 4) is 0 Å². The second kappa shape index (κ2) is 8.68. The summed E-state index contributed by atoms with van der Waals surface area (Å²) in [6.07, 6.45) is 2.16. The first-order valence-corrected chi connectivity index (χ1v) is 2.99. The minimum Gasteiger partial charge on any atom is -0.481 e. The lowest BCUT2D eigenvalue weighted by Gasteiger charge is -1.93. The molecule has 0 atom stereocenters. The number of aliphatic carboxylic acids is 1. The molecule has 64 valence electrons. The van der Waals surface area contributed by atoms with Crippen LogP contribution < -0.4 is 0 Å². The molecule has 1 amide bonds. The van der Waals surface area contributed by atoms with Crippen LogP contribution in [-0.4, -0.2) is 36.5 Å². The fourth-order valence-electron chi connectivity index (χ4n) is 0.123. The quantitative estimate of drug-likeness (QED) is 0.477. The molecule has 11 heavy (non-hydrogen) atoms. The zero-order valence-electron chi connectivity index (χ0n) is 6.78. The van der Waals surface area contributed by atoms with Crippen LogP contribution in [0.4, 0.5) is 0 Å². The molecule has 4 heteroatoms. The van der Waals surface area contributed by atoms with Crippen LogP contribution in [0.5, 0.6) is 0 Å². The summed E-state index contributed by atoms with van der Waals surface area (Å²) in [5.41, 5.74) is 0. The highest BCUT2D eigenvalue weighted by molar-refractivity contribution is 5.68. The smallest absolute Gasteiger partial charge is 0.307 e. The topological polar surface area (TPSA) is 57.6 Å². The van der Waals surface area contributed by atoms with Gasteiger partial charge in [0.1, 0.15) is 0 Å². The van der Waals surface area contributed by atoms with E-state index in [1.165, 1.54) is 11.0 Å². The molecule has 0 aromatic carbocycles. The molecule has 0 unspecified atom stereocenters. The number of carbonyl (C=O) groups is 2. The third-order valence-corrected chi connectivity index (χ3v) is 0.530. The van der Waals surface area contributed by atoms with Crippen molar-refractivity contribution in [3.63, 3.8) is 0 Å². The summed E-state index contributed by atoms with van der Waals surface area (Å²) in [6, 6.07) is 0. The molecule has 0 aliphatic rings. The van der Waals surface area contributed by atoms with Crippen molar-refractivity contribution < 1.29 is 14.7 Å². The largest absolute Gasteiger partial charge is 0.481 e. The lowest BCUT2D eigenvalue weighted by atomic mass is 10.4. The maximum atomic E-state index is 9.53. The Labute approximate surface area is 66.1 Å². The Balaban J connectivity index is 0.